The van der Waals surface area contributed by atoms with Gasteiger partial charge in [0.2, 0.25) is 0 Å². The monoisotopic (exact) mass is 341 g/mol. The Morgan fingerprint density at radius 1 is 1.24 bits per heavy atom. The van der Waals surface area contributed by atoms with Crippen LogP contribution in [0.4, 0.5) is 4.79 Å². The van der Waals surface area contributed by atoms with E-state index in [1.165, 1.54) is 9.70 Å². The number of aromatic nitrogens is 4. The van der Waals surface area contributed by atoms with Crippen molar-refractivity contribution in [3.05, 3.63) is 41.7 Å². The van der Waals surface area contributed by atoms with E-state index >= 15 is 0 Å². The summed E-state index contributed by atoms with van der Waals surface area (Å²) in [6, 6.07) is 11.7. The minimum Gasteiger partial charge on any atom is -0.465 e. The first-order valence-corrected chi connectivity index (χ1v) is 8.10. The standard InChI is InChI=1S/C16H19N7O2/c17-7-4-8-23-19-15(18-20-23)14(13-5-2-1-3-6-13)21-9-11-22(12-10-21)16(24)25/h1-3,5-6,14H,4,8-12H2,(H,24,25). The minimum absolute atomic E-state index is 0.187. The predicted octanol–water partition coefficient (Wildman–Crippen LogP) is 0.972. The second kappa shape index (κ2) is 7.72. The Morgan fingerprint density at radius 2 is 1.96 bits per heavy atom. The molecule has 1 aliphatic heterocycles. The van der Waals surface area contributed by atoms with Crippen LogP contribution >= 0.6 is 0 Å². The molecule has 0 spiro atoms. The van der Waals surface area contributed by atoms with Crippen LogP contribution in [0, 0.1) is 11.3 Å². The van der Waals surface area contributed by atoms with Gasteiger partial charge >= 0.3 is 6.09 Å². The molecule has 9 heteroatoms. The van der Waals surface area contributed by atoms with Crippen molar-refractivity contribution >= 4 is 6.09 Å². The van der Waals surface area contributed by atoms with Crippen LogP contribution in [0.15, 0.2) is 30.3 Å². The van der Waals surface area contributed by atoms with E-state index in [-0.39, 0.29) is 6.04 Å². The first-order valence-electron chi connectivity index (χ1n) is 8.10. The van der Waals surface area contributed by atoms with Crippen molar-refractivity contribution in [2.24, 2.45) is 0 Å². The number of hydrogen-bond donors (Lipinski definition) is 1. The highest BCUT2D eigenvalue weighted by molar-refractivity contribution is 5.65. The summed E-state index contributed by atoms with van der Waals surface area (Å²) in [4.78, 5) is 16.1. The SMILES string of the molecule is N#CCCn1nnc(C(c2ccccc2)N2CCN(C(=O)O)CC2)n1. The number of rotatable bonds is 5. The normalized spacial score (nSPS) is 16.4. The Balaban J connectivity index is 1.83. The number of carboxylic acid groups (broad SMARTS) is 1. The molecule has 1 aliphatic rings. The molecule has 130 valence electrons. The maximum atomic E-state index is 11.1. The fourth-order valence-corrected chi connectivity index (χ4v) is 2.94. The number of hydrogen-bond acceptors (Lipinski definition) is 6. The van der Waals surface area contributed by atoms with Gasteiger partial charge in [-0.2, -0.15) is 10.1 Å². The lowest BCUT2D eigenvalue weighted by Crippen LogP contribution is -2.49. The van der Waals surface area contributed by atoms with Crippen LogP contribution in [0.1, 0.15) is 23.9 Å². The lowest BCUT2D eigenvalue weighted by molar-refractivity contribution is 0.0914. The maximum absolute atomic E-state index is 11.1. The van der Waals surface area contributed by atoms with Gasteiger partial charge in [-0.3, -0.25) is 4.90 Å². The fourth-order valence-electron chi connectivity index (χ4n) is 2.94. The first kappa shape index (κ1) is 16.9. The Bertz CT molecular complexity index is 747. The third-order valence-electron chi connectivity index (χ3n) is 4.20. The number of tetrazole rings is 1. The molecule has 9 nitrogen and oxygen atoms in total. The molecule has 1 aromatic heterocycles. The van der Waals surface area contributed by atoms with Crippen molar-refractivity contribution in [1.29, 1.82) is 5.26 Å². The quantitative estimate of drug-likeness (QED) is 0.862. The van der Waals surface area contributed by atoms with Gasteiger partial charge < -0.3 is 10.0 Å². The van der Waals surface area contributed by atoms with E-state index in [2.05, 4.69) is 26.4 Å². The van der Waals surface area contributed by atoms with E-state index in [4.69, 9.17) is 10.4 Å². The van der Waals surface area contributed by atoms with Gasteiger partial charge in [-0.1, -0.05) is 30.3 Å². The molecule has 0 aliphatic carbocycles. The predicted molar refractivity (Wildman–Crippen MR) is 87.5 cm³/mol. The van der Waals surface area contributed by atoms with Crippen molar-refractivity contribution in [3.8, 4) is 6.07 Å². The average molecular weight is 341 g/mol. The molecule has 1 amide bonds. The second-order valence-corrected chi connectivity index (χ2v) is 5.77. The minimum atomic E-state index is -0.892. The summed E-state index contributed by atoms with van der Waals surface area (Å²) in [7, 11) is 0. The molecule has 0 bridgehead atoms. The topological polar surface area (TPSA) is 111 Å². The van der Waals surface area contributed by atoms with Crippen molar-refractivity contribution < 1.29 is 9.90 Å². The number of carbonyl (C=O) groups is 1. The largest absolute Gasteiger partial charge is 0.465 e. The number of nitriles is 1. The molecule has 2 aromatic rings. The molecule has 1 atom stereocenters. The van der Waals surface area contributed by atoms with Gasteiger partial charge in [0, 0.05) is 26.2 Å². The summed E-state index contributed by atoms with van der Waals surface area (Å²) in [5, 5.41) is 30.5. The zero-order valence-electron chi connectivity index (χ0n) is 13.7. The number of benzene rings is 1. The van der Waals surface area contributed by atoms with E-state index < -0.39 is 6.09 Å². The van der Waals surface area contributed by atoms with Gasteiger partial charge in [0.25, 0.3) is 0 Å². The van der Waals surface area contributed by atoms with E-state index in [1.54, 1.807) is 0 Å². The summed E-state index contributed by atoms with van der Waals surface area (Å²) in [6.45, 7) is 2.48. The summed E-state index contributed by atoms with van der Waals surface area (Å²) >= 11 is 0. The Hall–Kier alpha value is -2.99. The Kier molecular flexibility index (Phi) is 5.20. The molecule has 3 rings (SSSR count). The van der Waals surface area contributed by atoms with Gasteiger partial charge in [-0.05, 0) is 10.8 Å². The number of piperazine rings is 1. The van der Waals surface area contributed by atoms with Crippen molar-refractivity contribution in [2.45, 2.75) is 19.0 Å². The number of nitrogens with zero attached hydrogens (tertiary/aromatic N) is 7. The Labute approximate surface area is 145 Å². The second-order valence-electron chi connectivity index (χ2n) is 5.77. The summed E-state index contributed by atoms with van der Waals surface area (Å²) in [6.07, 6.45) is -0.570. The molecule has 1 saturated heterocycles. The van der Waals surface area contributed by atoms with Gasteiger partial charge in [-0.15, -0.1) is 10.2 Å². The van der Waals surface area contributed by atoms with Crippen LogP contribution in [0.25, 0.3) is 0 Å². The van der Waals surface area contributed by atoms with Gasteiger partial charge in [0.15, 0.2) is 5.82 Å². The van der Waals surface area contributed by atoms with E-state index in [0.29, 0.717) is 45.0 Å². The molecular formula is C16H19N7O2. The van der Waals surface area contributed by atoms with Crippen LogP contribution in [0.5, 0.6) is 0 Å². The highest BCUT2D eigenvalue weighted by Gasteiger charge is 2.30. The van der Waals surface area contributed by atoms with Crippen molar-refractivity contribution in [2.75, 3.05) is 26.2 Å². The van der Waals surface area contributed by atoms with Gasteiger partial charge in [0.1, 0.15) is 0 Å². The zero-order chi connectivity index (χ0) is 17.6. The number of amides is 1. The molecule has 25 heavy (non-hydrogen) atoms. The summed E-state index contributed by atoms with van der Waals surface area (Å²) < 4.78 is 0. The molecule has 1 N–H and O–H groups in total. The molecule has 0 radical (unpaired) electrons. The average Bonchev–Trinajstić information content (AvgIpc) is 3.10. The van der Waals surface area contributed by atoms with Crippen LogP contribution < -0.4 is 0 Å². The third kappa shape index (κ3) is 3.92. The van der Waals surface area contributed by atoms with Crippen LogP contribution in [-0.2, 0) is 6.54 Å². The highest BCUT2D eigenvalue weighted by Crippen LogP contribution is 2.26. The summed E-state index contributed by atoms with van der Waals surface area (Å²) in [5.41, 5.74) is 1.03. The lowest BCUT2D eigenvalue weighted by Gasteiger charge is -2.37. The molecule has 1 fully saturated rings. The highest BCUT2D eigenvalue weighted by atomic mass is 16.4. The summed E-state index contributed by atoms with van der Waals surface area (Å²) in [5.74, 6) is 0.563. The fraction of sp³-hybridized carbons (Fsp3) is 0.438. The van der Waals surface area contributed by atoms with Crippen molar-refractivity contribution in [3.63, 3.8) is 0 Å². The van der Waals surface area contributed by atoms with Crippen LogP contribution in [0.2, 0.25) is 0 Å². The molecule has 1 aromatic carbocycles. The van der Waals surface area contributed by atoms with E-state index in [0.717, 1.165) is 5.56 Å². The van der Waals surface area contributed by atoms with Crippen LogP contribution in [-0.4, -0.2) is 67.4 Å². The zero-order valence-corrected chi connectivity index (χ0v) is 13.7. The molecule has 1 unspecified atom stereocenters. The van der Waals surface area contributed by atoms with Gasteiger partial charge in [-0.25, -0.2) is 4.79 Å². The Morgan fingerprint density at radius 3 is 2.60 bits per heavy atom. The number of aryl methyl sites for hydroxylation is 1. The van der Waals surface area contributed by atoms with E-state index in [1.807, 2.05) is 30.3 Å². The maximum Gasteiger partial charge on any atom is 0.407 e. The smallest absolute Gasteiger partial charge is 0.407 e. The lowest BCUT2D eigenvalue weighted by atomic mass is 10.0. The van der Waals surface area contributed by atoms with Crippen LogP contribution in [0.3, 0.4) is 0 Å². The molecule has 0 saturated carbocycles. The first-order chi connectivity index (χ1) is 12.2. The van der Waals surface area contributed by atoms with E-state index in [9.17, 15) is 4.79 Å². The van der Waals surface area contributed by atoms with Gasteiger partial charge in [0.05, 0.1) is 25.1 Å². The van der Waals surface area contributed by atoms with Crippen molar-refractivity contribution in [1.82, 2.24) is 30.0 Å². The third-order valence-corrected chi connectivity index (χ3v) is 4.20. The molecular weight excluding hydrogens is 322 g/mol. The molecule has 2 heterocycles.